The maximum absolute atomic E-state index is 6.50. The lowest BCUT2D eigenvalue weighted by Gasteiger charge is -2.28. The van der Waals surface area contributed by atoms with E-state index in [0.29, 0.717) is 5.11 Å². The molecule has 0 bridgehead atoms. The number of aromatic nitrogens is 2. The van der Waals surface area contributed by atoms with Crippen molar-refractivity contribution in [3.8, 4) is 17.2 Å². The van der Waals surface area contributed by atoms with E-state index in [4.69, 9.17) is 33.3 Å². The number of hydrogen-bond acceptors (Lipinski definition) is 4. The molecular formula is C28H25ClN4O2S. The maximum atomic E-state index is 6.50. The number of fused-ring (bicyclic) bond motifs is 1. The number of benzene rings is 2. The molecule has 1 fully saturated rings. The topological polar surface area (TPSA) is 51.6 Å². The van der Waals surface area contributed by atoms with Crippen molar-refractivity contribution >= 4 is 34.6 Å². The van der Waals surface area contributed by atoms with Crippen LogP contribution in [0.25, 0.3) is 5.69 Å². The van der Waals surface area contributed by atoms with Gasteiger partial charge in [0.05, 0.1) is 17.8 Å². The zero-order valence-electron chi connectivity index (χ0n) is 20.2. The van der Waals surface area contributed by atoms with Crippen LogP contribution in [0.5, 0.6) is 11.5 Å². The fourth-order valence-corrected chi connectivity index (χ4v) is 5.80. The zero-order chi connectivity index (χ0) is 25.0. The van der Waals surface area contributed by atoms with E-state index in [-0.39, 0.29) is 18.9 Å². The Morgan fingerprint density at radius 1 is 1.00 bits per heavy atom. The molecule has 182 valence electrons. The van der Waals surface area contributed by atoms with E-state index < -0.39 is 0 Å². The number of thiocarbonyl (C=S) groups is 1. The first-order chi connectivity index (χ1) is 17.4. The number of halogens is 1. The molecule has 1 saturated heterocycles. The second kappa shape index (κ2) is 8.84. The van der Waals surface area contributed by atoms with E-state index in [2.05, 4.69) is 52.7 Å². The van der Waals surface area contributed by atoms with Crippen LogP contribution in [0.15, 0.2) is 66.9 Å². The summed E-state index contributed by atoms with van der Waals surface area (Å²) in [6.07, 6.45) is 1.82. The average Bonchev–Trinajstić information content (AvgIpc) is 3.56. The third-order valence-electron chi connectivity index (χ3n) is 7.00. The molecule has 2 aliphatic heterocycles. The highest BCUT2D eigenvalue weighted by atomic mass is 35.5. The Kier molecular flexibility index (Phi) is 5.62. The minimum atomic E-state index is -0.140. The van der Waals surface area contributed by atoms with Crippen LogP contribution in [0, 0.1) is 20.8 Å². The van der Waals surface area contributed by atoms with Crippen LogP contribution in [-0.2, 0) is 0 Å². The first-order valence-corrected chi connectivity index (χ1v) is 12.6. The number of aryl methyl sites for hydroxylation is 1. The molecule has 0 spiro atoms. The Morgan fingerprint density at radius 2 is 1.83 bits per heavy atom. The van der Waals surface area contributed by atoms with Crippen molar-refractivity contribution in [2.24, 2.45) is 0 Å². The molecule has 0 amide bonds. The van der Waals surface area contributed by atoms with E-state index >= 15 is 0 Å². The normalized spacial score (nSPS) is 18.6. The lowest BCUT2D eigenvalue weighted by molar-refractivity contribution is 0.174. The molecule has 36 heavy (non-hydrogen) atoms. The monoisotopic (exact) mass is 516 g/mol. The summed E-state index contributed by atoms with van der Waals surface area (Å²) in [4.78, 5) is 6.84. The molecular weight excluding hydrogens is 492 g/mol. The molecule has 2 atom stereocenters. The second-order valence-corrected chi connectivity index (χ2v) is 9.87. The van der Waals surface area contributed by atoms with Crippen molar-refractivity contribution < 1.29 is 9.47 Å². The number of rotatable bonds is 4. The van der Waals surface area contributed by atoms with Gasteiger partial charge in [0.15, 0.2) is 16.6 Å². The van der Waals surface area contributed by atoms with Gasteiger partial charge in [-0.2, -0.15) is 0 Å². The van der Waals surface area contributed by atoms with Gasteiger partial charge in [0.2, 0.25) is 6.79 Å². The van der Waals surface area contributed by atoms with Crippen LogP contribution >= 0.6 is 23.8 Å². The minimum absolute atomic E-state index is 0.132. The van der Waals surface area contributed by atoms with Gasteiger partial charge >= 0.3 is 0 Å². The Morgan fingerprint density at radius 3 is 2.64 bits per heavy atom. The van der Waals surface area contributed by atoms with Crippen LogP contribution in [0.2, 0.25) is 5.02 Å². The first kappa shape index (κ1) is 22.9. The minimum Gasteiger partial charge on any atom is -0.454 e. The molecule has 1 N–H and O–H groups in total. The molecule has 6 nitrogen and oxygen atoms in total. The van der Waals surface area contributed by atoms with Crippen molar-refractivity contribution in [2.75, 3.05) is 11.7 Å². The average molecular weight is 517 g/mol. The molecule has 2 aromatic heterocycles. The number of nitrogens with zero attached hydrogens (tertiary/aromatic N) is 3. The van der Waals surface area contributed by atoms with Crippen LogP contribution < -0.4 is 19.7 Å². The molecule has 6 rings (SSSR count). The van der Waals surface area contributed by atoms with Crippen LogP contribution in [0.3, 0.4) is 0 Å². The van der Waals surface area contributed by atoms with Crippen molar-refractivity contribution in [1.29, 1.82) is 0 Å². The summed E-state index contributed by atoms with van der Waals surface area (Å²) in [6, 6.07) is 19.9. The van der Waals surface area contributed by atoms with Gasteiger partial charge in [0.1, 0.15) is 0 Å². The Bertz CT molecular complexity index is 1490. The number of pyridine rings is 1. The number of anilines is 1. The van der Waals surface area contributed by atoms with Crippen molar-refractivity contribution in [3.63, 3.8) is 0 Å². The quantitative estimate of drug-likeness (QED) is 0.319. The standard InChI is InChI=1S/C28H25ClN4O2S/c1-16-13-20(18(3)32(16)23-9-6-7-21(29)17(23)2)27-26(22-8-4-5-12-30-22)31-28(36)33(27)19-10-11-24-25(14-19)35-15-34-24/h4-14,26-27H,15H2,1-3H3,(H,31,36)/t26-,27-/m1/s1. The van der Waals surface area contributed by atoms with Crippen molar-refractivity contribution in [2.45, 2.75) is 32.9 Å². The molecule has 0 unspecified atom stereocenters. The third-order valence-corrected chi connectivity index (χ3v) is 7.73. The first-order valence-electron chi connectivity index (χ1n) is 11.8. The molecule has 4 heterocycles. The number of hydrogen-bond donors (Lipinski definition) is 1. The summed E-state index contributed by atoms with van der Waals surface area (Å²) in [6.45, 7) is 6.55. The van der Waals surface area contributed by atoms with Gasteiger partial charge in [-0.1, -0.05) is 23.7 Å². The second-order valence-electron chi connectivity index (χ2n) is 9.08. The lowest BCUT2D eigenvalue weighted by Crippen LogP contribution is -2.29. The summed E-state index contributed by atoms with van der Waals surface area (Å²) in [5, 5.41) is 4.93. The van der Waals surface area contributed by atoms with Gasteiger partial charge in [-0.25, -0.2) is 0 Å². The van der Waals surface area contributed by atoms with E-state index in [1.54, 1.807) is 0 Å². The summed E-state index contributed by atoms with van der Waals surface area (Å²) in [5.74, 6) is 1.46. The molecule has 0 aliphatic carbocycles. The highest BCUT2D eigenvalue weighted by Gasteiger charge is 2.42. The molecule has 2 aromatic carbocycles. The maximum Gasteiger partial charge on any atom is 0.231 e. The molecule has 0 saturated carbocycles. The van der Waals surface area contributed by atoms with Crippen LogP contribution in [0.4, 0.5) is 5.69 Å². The SMILES string of the molecule is Cc1c(Cl)cccc1-n1c(C)cc([C@@H]2[C@@H](c3ccccn3)NC(=S)N2c2ccc3c(c2)OCO3)c1C. The fraction of sp³-hybridized carbons (Fsp3) is 0.214. The summed E-state index contributed by atoms with van der Waals surface area (Å²) >= 11 is 12.4. The molecule has 0 radical (unpaired) electrons. The predicted molar refractivity (Wildman–Crippen MR) is 145 cm³/mol. The highest BCUT2D eigenvalue weighted by Crippen LogP contribution is 2.46. The van der Waals surface area contributed by atoms with E-state index in [9.17, 15) is 0 Å². The predicted octanol–water partition coefficient (Wildman–Crippen LogP) is 6.36. The van der Waals surface area contributed by atoms with Crippen LogP contribution in [-0.4, -0.2) is 21.5 Å². The van der Waals surface area contributed by atoms with Gasteiger partial charge in [-0.3, -0.25) is 4.98 Å². The molecule has 4 aromatic rings. The smallest absolute Gasteiger partial charge is 0.231 e. The number of nitrogens with one attached hydrogen (secondary N) is 1. The van der Waals surface area contributed by atoms with E-state index in [1.165, 1.54) is 0 Å². The highest BCUT2D eigenvalue weighted by molar-refractivity contribution is 7.80. The summed E-state index contributed by atoms with van der Waals surface area (Å²) in [7, 11) is 0. The van der Waals surface area contributed by atoms with E-state index in [1.807, 2.05) is 54.7 Å². The van der Waals surface area contributed by atoms with Gasteiger partial charge in [-0.05, 0) is 86.6 Å². The number of ether oxygens (including phenoxy) is 2. The summed E-state index contributed by atoms with van der Waals surface area (Å²) < 4.78 is 13.5. The molecule has 8 heteroatoms. The Balaban J connectivity index is 1.53. The zero-order valence-corrected chi connectivity index (χ0v) is 21.7. The van der Waals surface area contributed by atoms with Crippen molar-refractivity contribution in [3.05, 3.63) is 100 Å². The van der Waals surface area contributed by atoms with Crippen LogP contribution in [0.1, 0.15) is 40.3 Å². The Hall–Kier alpha value is -3.55. The van der Waals surface area contributed by atoms with Gasteiger partial charge < -0.3 is 24.3 Å². The fourth-order valence-electron chi connectivity index (χ4n) is 5.28. The van der Waals surface area contributed by atoms with E-state index in [0.717, 1.165) is 56.1 Å². The largest absolute Gasteiger partial charge is 0.454 e. The molecule has 2 aliphatic rings. The lowest BCUT2D eigenvalue weighted by atomic mass is 9.96. The van der Waals surface area contributed by atoms with Gasteiger partial charge in [0, 0.05) is 40.0 Å². The van der Waals surface area contributed by atoms with Gasteiger partial charge in [0.25, 0.3) is 0 Å². The van der Waals surface area contributed by atoms with Gasteiger partial charge in [-0.15, -0.1) is 0 Å². The van der Waals surface area contributed by atoms with Crippen molar-refractivity contribution in [1.82, 2.24) is 14.9 Å². The Labute approximate surface area is 220 Å². The third kappa shape index (κ3) is 3.62. The summed E-state index contributed by atoms with van der Waals surface area (Å²) in [5.41, 5.74) is 7.38.